The third-order valence-corrected chi connectivity index (χ3v) is 7.53. The maximum Gasteiger partial charge on any atom is 0.255 e. The van der Waals surface area contributed by atoms with Crippen molar-refractivity contribution in [2.24, 2.45) is 0 Å². The number of hydrogen-bond acceptors (Lipinski definition) is 5. The summed E-state index contributed by atoms with van der Waals surface area (Å²) >= 11 is 6.15. The van der Waals surface area contributed by atoms with Crippen molar-refractivity contribution >= 4 is 35.4 Å². The summed E-state index contributed by atoms with van der Waals surface area (Å²) in [5, 5.41) is 3.41. The zero-order valence-electron chi connectivity index (χ0n) is 20.9. The summed E-state index contributed by atoms with van der Waals surface area (Å²) in [6.07, 6.45) is 4.43. The molecule has 2 aliphatic heterocycles. The number of likely N-dealkylation sites (N-methyl/N-ethyl adjacent to an activating group) is 1. The number of amides is 2. The molecular weight excluding hydrogens is 476 g/mol. The van der Waals surface area contributed by atoms with E-state index in [2.05, 4.69) is 27.2 Å². The number of piperazine rings is 1. The van der Waals surface area contributed by atoms with Crippen molar-refractivity contribution in [3.8, 4) is 0 Å². The normalized spacial score (nSPS) is 16.7. The van der Waals surface area contributed by atoms with Crippen molar-refractivity contribution in [2.45, 2.75) is 44.7 Å². The summed E-state index contributed by atoms with van der Waals surface area (Å²) in [7, 11) is 1.56. The first kappa shape index (κ1) is 26.2. The number of benzene rings is 2. The minimum Gasteiger partial charge on any atom is -0.369 e. The van der Waals surface area contributed by atoms with Gasteiger partial charge < -0.3 is 19.9 Å². The maximum absolute atomic E-state index is 13.1. The van der Waals surface area contributed by atoms with Crippen molar-refractivity contribution in [3.05, 3.63) is 64.2 Å². The molecule has 0 radical (unpaired) electrons. The molecule has 0 saturated carbocycles. The van der Waals surface area contributed by atoms with E-state index in [0.717, 1.165) is 68.9 Å². The molecule has 192 valence electrons. The van der Waals surface area contributed by atoms with E-state index in [1.165, 1.54) is 11.3 Å². The van der Waals surface area contributed by atoms with Crippen molar-refractivity contribution in [2.75, 3.05) is 44.7 Å². The lowest BCUT2D eigenvalue weighted by atomic mass is 9.98. The van der Waals surface area contributed by atoms with Gasteiger partial charge in [-0.05, 0) is 67.6 Å². The lowest BCUT2D eigenvalue weighted by Gasteiger charge is -2.36. The van der Waals surface area contributed by atoms with Crippen LogP contribution in [-0.4, -0.2) is 73.7 Å². The Kier molecular flexibility index (Phi) is 8.99. The van der Waals surface area contributed by atoms with E-state index in [4.69, 9.17) is 11.6 Å². The zero-order chi connectivity index (χ0) is 25.5. The van der Waals surface area contributed by atoms with Crippen LogP contribution in [0.15, 0.2) is 42.5 Å². The number of unbranched alkanes of at least 4 members (excludes halogenated alkanes) is 1. The van der Waals surface area contributed by atoms with Gasteiger partial charge >= 0.3 is 0 Å². The number of nitrogens with zero attached hydrogens (tertiary/aromatic N) is 3. The highest BCUT2D eigenvalue weighted by molar-refractivity contribution is 6.30. The fourth-order valence-corrected chi connectivity index (χ4v) is 5.46. The molecule has 1 fully saturated rings. The molecule has 1 saturated heterocycles. The van der Waals surface area contributed by atoms with E-state index >= 15 is 0 Å². The number of fused-ring (bicyclic) bond motifs is 1. The van der Waals surface area contributed by atoms with Crippen molar-refractivity contribution < 1.29 is 14.4 Å². The highest BCUT2D eigenvalue weighted by atomic mass is 35.5. The van der Waals surface area contributed by atoms with Gasteiger partial charge in [-0.2, -0.15) is 0 Å². The molecule has 1 unspecified atom stereocenters. The standard InChI is InChI=1S/C28H35ClN4O3/c1-30-27(35)26(12-6-18-34)33-20-25-21(8-4-11-24(25)28(33)36)7-2-3-13-31-14-16-32(17-15-31)23-10-5-9-22(29)19-23/h4-5,8-11,18-19,26H,2-3,6-7,12-17,20H2,1H3,(H,30,35). The number of rotatable bonds is 11. The number of carbonyl (C=O) groups excluding carboxylic acids is 3. The average molecular weight is 511 g/mol. The molecule has 2 amide bonds. The largest absolute Gasteiger partial charge is 0.369 e. The van der Waals surface area contributed by atoms with Gasteiger partial charge in [-0.3, -0.25) is 14.5 Å². The van der Waals surface area contributed by atoms with Crippen LogP contribution in [0.1, 0.15) is 47.2 Å². The fraction of sp³-hybridized carbons (Fsp3) is 0.464. The van der Waals surface area contributed by atoms with Crippen LogP contribution in [0.5, 0.6) is 0 Å². The number of aldehydes is 1. The van der Waals surface area contributed by atoms with Crippen LogP contribution in [0.2, 0.25) is 5.02 Å². The first-order valence-corrected chi connectivity index (χ1v) is 13.2. The molecule has 4 rings (SSSR count). The minimum atomic E-state index is -0.626. The summed E-state index contributed by atoms with van der Waals surface area (Å²) in [4.78, 5) is 43.0. The van der Waals surface area contributed by atoms with E-state index in [9.17, 15) is 14.4 Å². The lowest BCUT2D eigenvalue weighted by molar-refractivity contribution is -0.125. The molecule has 0 bridgehead atoms. The topological polar surface area (TPSA) is 73.0 Å². The SMILES string of the molecule is CNC(=O)C(CCC=O)N1Cc2c(CCCCN3CCN(c4cccc(Cl)c4)CC3)cccc2C1=O. The van der Waals surface area contributed by atoms with Gasteiger partial charge in [0.15, 0.2) is 0 Å². The first-order valence-electron chi connectivity index (χ1n) is 12.8. The van der Waals surface area contributed by atoms with E-state index in [0.29, 0.717) is 18.5 Å². The molecule has 2 heterocycles. The third kappa shape index (κ3) is 6.08. The van der Waals surface area contributed by atoms with Gasteiger partial charge in [0.25, 0.3) is 5.91 Å². The zero-order valence-corrected chi connectivity index (χ0v) is 21.7. The van der Waals surface area contributed by atoms with Crippen LogP contribution < -0.4 is 10.2 Å². The molecule has 2 aliphatic rings. The maximum atomic E-state index is 13.1. The molecule has 0 spiro atoms. The summed E-state index contributed by atoms with van der Waals surface area (Å²) in [5.41, 5.74) is 4.08. The number of carbonyl (C=O) groups is 3. The predicted molar refractivity (Wildman–Crippen MR) is 143 cm³/mol. The Bertz CT molecular complexity index is 1080. The predicted octanol–water partition coefficient (Wildman–Crippen LogP) is 3.53. The molecule has 1 atom stereocenters. The minimum absolute atomic E-state index is 0.121. The van der Waals surface area contributed by atoms with Crippen LogP contribution in [0.4, 0.5) is 5.69 Å². The fourth-order valence-electron chi connectivity index (χ4n) is 5.28. The van der Waals surface area contributed by atoms with Crippen molar-refractivity contribution in [1.82, 2.24) is 15.1 Å². The molecular formula is C28H35ClN4O3. The highest BCUT2D eigenvalue weighted by Gasteiger charge is 2.36. The van der Waals surface area contributed by atoms with Crippen LogP contribution in [0, 0.1) is 0 Å². The summed E-state index contributed by atoms with van der Waals surface area (Å²) in [6, 6.07) is 13.3. The Labute approximate surface area is 218 Å². The first-order chi connectivity index (χ1) is 17.5. The number of halogens is 1. The van der Waals surface area contributed by atoms with Gasteiger partial charge in [-0.1, -0.05) is 29.8 Å². The molecule has 2 aromatic rings. The molecule has 0 aliphatic carbocycles. The molecule has 1 N–H and O–H groups in total. The second-order valence-corrected chi connectivity index (χ2v) is 9.95. The summed E-state index contributed by atoms with van der Waals surface area (Å²) in [5.74, 6) is -0.348. The second kappa shape index (κ2) is 12.4. The number of nitrogens with one attached hydrogen (secondary N) is 1. The van der Waals surface area contributed by atoms with Gasteiger partial charge in [0, 0.05) is 62.5 Å². The molecule has 8 heteroatoms. The Morgan fingerprint density at radius 3 is 2.61 bits per heavy atom. The van der Waals surface area contributed by atoms with Gasteiger partial charge in [-0.25, -0.2) is 0 Å². The number of aryl methyl sites for hydroxylation is 1. The lowest BCUT2D eigenvalue weighted by Crippen LogP contribution is -2.46. The molecule has 7 nitrogen and oxygen atoms in total. The van der Waals surface area contributed by atoms with E-state index < -0.39 is 6.04 Å². The Balaban J connectivity index is 1.28. The van der Waals surface area contributed by atoms with Crippen LogP contribution in [-0.2, 0) is 22.6 Å². The van der Waals surface area contributed by atoms with Crippen LogP contribution in [0.25, 0.3) is 0 Å². The van der Waals surface area contributed by atoms with Crippen molar-refractivity contribution in [3.63, 3.8) is 0 Å². The Hall–Kier alpha value is -2.90. The monoisotopic (exact) mass is 510 g/mol. The highest BCUT2D eigenvalue weighted by Crippen LogP contribution is 2.30. The average Bonchev–Trinajstić information content (AvgIpc) is 3.24. The summed E-state index contributed by atoms with van der Waals surface area (Å²) in [6.45, 7) is 5.57. The Morgan fingerprint density at radius 2 is 1.89 bits per heavy atom. The van der Waals surface area contributed by atoms with Gasteiger partial charge in [-0.15, -0.1) is 0 Å². The smallest absolute Gasteiger partial charge is 0.255 e. The summed E-state index contributed by atoms with van der Waals surface area (Å²) < 4.78 is 0. The van der Waals surface area contributed by atoms with Crippen molar-refractivity contribution in [1.29, 1.82) is 0 Å². The van der Waals surface area contributed by atoms with Gasteiger partial charge in [0.2, 0.25) is 5.91 Å². The third-order valence-electron chi connectivity index (χ3n) is 7.29. The van der Waals surface area contributed by atoms with E-state index in [-0.39, 0.29) is 18.2 Å². The van der Waals surface area contributed by atoms with Crippen LogP contribution in [0.3, 0.4) is 0 Å². The Morgan fingerprint density at radius 1 is 1.11 bits per heavy atom. The molecule has 2 aromatic carbocycles. The van der Waals surface area contributed by atoms with E-state index in [1.54, 1.807) is 11.9 Å². The number of hydrogen-bond donors (Lipinski definition) is 1. The quantitative estimate of drug-likeness (QED) is 0.370. The van der Waals surface area contributed by atoms with Crippen LogP contribution >= 0.6 is 11.6 Å². The second-order valence-electron chi connectivity index (χ2n) is 9.52. The number of anilines is 1. The van der Waals surface area contributed by atoms with Gasteiger partial charge in [0.05, 0.1) is 0 Å². The van der Waals surface area contributed by atoms with Gasteiger partial charge in [0.1, 0.15) is 12.3 Å². The molecule has 36 heavy (non-hydrogen) atoms. The van der Waals surface area contributed by atoms with E-state index in [1.807, 2.05) is 30.3 Å². The molecule has 0 aromatic heterocycles.